The van der Waals surface area contributed by atoms with Gasteiger partial charge < -0.3 is 20.7 Å². The Balaban J connectivity index is 0.000000810. The van der Waals surface area contributed by atoms with Gasteiger partial charge in [0.2, 0.25) is 0 Å². The molecule has 1 unspecified atom stereocenters. The highest BCUT2D eigenvalue weighted by atomic mass is 31.2. The third-order valence-corrected chi connectivity index (χ3v) is 1.32. The highest BCUT2D eigenvalue weighted by Crippen LogP contribution is 2.36. The van der Waals surface area contributed by atoms with Gasteiger partial charge in [-0.1, -0.05) is 0 Å². The van der Waals surface area contributed by atoms with Crippen molar-refractivity contribution in [3.05, 3.63) is 0 Å². The first-order valence-corrected chi connectivity index (χ1v) is 3.92. The van der Waals surface area contributed by atoms with Crippen molar-refractivity contribution >= 4 is 7.82 Å². The second kappa shape index (κ2) is 3.43. The van der Waals surface area contributed by atoms with E-state index < -0.39 is 7.82 Å². The predicted octanol–water partition coefficient (Wildman–Crippen LogP) is -0.344. The van der Waals surface area contributed by atoms with Crippen LogP contribution in [0.1, 0.15) is 0 Å². The zero-order valence-electron chi connectivity index (χ0n) is 5.27. The Labute approximate surface area is 58.0 Å². The van der Waals surface area contributed by atoms with Gasteiger partial charge in [-0.2, -0.15) is 0 Å². The smallest absolute Gasteiger partial charge is 0.371 e. The van der Waals surface area contributed by atoms with E-state index in [1.54, 1.807) is 0 Å². The van der Waals surface area contributed by atoms with Crippen LogP contribution in [0.2, 0.25) is 0 Å². The molecule has 0 bridgehead atoms. The van der Waals surface area contributed by atoms with Crippen molar-refractivity contribution in [2.75, 3.05) is 13.2 Å². The zero-order chi connectivity index (χ0) is 6.91. The molecule has 0 amide bonds. The average Bonchev–Trinajstić information content (AvgIpc) is 2.38. The maximum atomic E-state index is 9.98. The van der Waals surface area contributed by atoms with Crippen molar-refractivity contribution in [1.82, 2.24) is 6.15 Å². The lowest BCUT2D eigenvalue weighted by Gasteiger charge is -2.00. The van der Waals surface area contributed by atoms with Gasteiger partial charge in [-0.3, -0.25) is 4.52 Å². The van der Waals surface area contributed by atoms with Gasteiger partial charge in [0.25, 0.3) is 0 Å². The van der Waals surface area contributed by atoms with E-state index >= 15 is 0 Å². The number of ether oxygens (including phenoxy) is 1. The fraction of sp³-hybridized carbons (Fsp3) is 1.00. The van der Waals surface area contributed by atoms with Crippen LogP contribution in [-0.4, -0.2) is 29.1 Å². The van der Waals surface area contributed by atoms with E-state index in [-0.39, 0.29) is 18.9 Å². The van der Waals surface area contributed by atoms with Gasteiger partial charge in [-0.15, -0.1) is 0 Å². The Hall–Kier alpha value is 0.0300. The fourth-order valence-corrected chi connectivity index (χ4v) is 0.705. The maximum absolute atomic E-state index is 9.98. The molecule has 0 aromatic rings. The van der Waals surface area contributed by atoms with Gasteiger partial charge in [0, 0.05) is 0 Å². The summed E-state index contributed by atoms with van der Waals surface area (Å²) in [5.74, 6) is 0. The van der Waals surface area contributed by atoms with Crippen molar-refractivity contribution in [3.8, 4) is 0 Å². The van der Waals surface area contributed by atoms with Crippen LogP contribution >= 0.6 is 7.82 Å². The second-order valence-corrected chi connectivity index (χ2v) is 2.98. The molecule has 1 atom stereocenters. The SMILES string of the molecule is N.O=P(O)(O)OCC1CO1. The van der Waals surface area contributed by atoms with Crippen LogP contribution < -0.4 is 6.15 Å². The lowest BCUT2D eigenvalue weighted by Crippen LogP contribution is -1.98. The molecule has 0 aromatic heterocycles. The molecule has 62 valence electrons. The van der Waals surface area contributed by atoms with Crippen LogP contribution in [0.5, 0.6) is 0 Å². The molecule has 0 aliphatic carbocycles. The number of hydrogen-bond donors (Lipinski definition) is 3. The van der Waals surface area contributed by atoms with E-state index in [1.165, 1.54) is 0 Å². The first-order chi connectivity index (χ1) is 4.08. The monoisotopic (exact) mass is 171 g/mol. The highest BCUT2D eigenvalue weighted by Gasteiger charge is 2.26. The Bertz CT molecular complexity index is 140. The average molecular weight is 171 g/mol. The highest BCUT2D eigenvalue weighted by molar-refractivity contribution is 7.46. The quantitative estimate of drug-likeness (QED) is 0.395. The Kier molecular flexibility index (Phi) is 3.44. The molecule has 10 heavy (non-hydrogen) atoms. The third kappa shape index (κ3) is 4.87. The van der Waals surface area contributed by atoms with Crippen molar-refractivity contribution in [2.24, 2.45) is 0 Å². The minimum Gasteiger partial charge on any atom is -0.371 e. The van der Waals surface area contributed by atoms with E-state index in [0.717, 1.165) is 0 Å². The van der Waals surface area contributed by atoms with Crippen LogP contribution in [0.3, 0.4) is 0 Å². The minimum absolute atomic E-state index is 0. The van der Waals surface area contributed by atoms with Gasteiger partial charge in [-0.25, -0.2) is 4.57 Å². The zero-order valence-corrected chi connectivity index (χ0v) is 6.16. The molecule has 1 fully saturated rings. The van der Waals surface area contributed by atoms with Crippen LogP contribution in [-0.2, 0) is 13.8 Å². The summed E-state index contributed by atoms with van der Waals surface area (Å²) in [6, 6.07) is 0. The molecule has 1 aliphatic rings. The number of phosphoric acid groups is 1. The summed E-state index contributed by atoms with van der Waals surface area (Å²) < 4.78 is 18.7. The minimum atomic E-state index is -4.26. The van der Waals surface area contributed by atoms with Crippen molar-refractivity contribution in [2.45, 2.75) is 6.10 Å². The van der Waals surface area contributed by atoms with Gasteiger partial charge >= 0.3 is 7.82 Å². The number of epoxide rings is 1. The molecule has 1 aliphatic heterocycles. The molecular formula is C3H10NO5P. The summed E-state index contributed by atoms with van der Waals surface area (Å²) in [4.78, 5) is 16.3. The molecule has 6 nitrogen and oxygen atoms in total. The Morgan fingerprint density at radius 1 is 1.70 bits per heavy atom. The molecule has 0 spiro atoms. The first-order valence-electron chi connectivity index (χ1n) is 2.39. The third-order valence-electron chi connectivity index (χ3n) is 0.831. The van der Waals surface area contributed by atoms with Gasteiger partial charge in [0.05, 0.1) is 13.2 Å². The number of phosphoric ester groups is 1. The topological polar surface area (TPSA) is 114 Å². The Morgan fingerprint density at radius 3 is 2.50 bits per heavy atom. The number of hydrogen-bond acceptors (Lipinski definition) is 4. The molecule has 0 radical (unpaired) electrons. The number of rotatable bonds is 3. The summed E-state index contributed by atoms with van der Waals surface area (Å²) in [5, 5.41) is 0. The van der Waals surface area contributed by atoms with E-state index in [9.17, 15) is 4.57 Å². The second-order valence-electron chi connectivity index (χ2n) is 1.74. The maximum Gasteiger partial charge on any atom is 0.469 e. The van der Waals surface area contributed by atoms with E-state index in [2.05, 4.69) is 9.26 Å². The van der Waals surface area contributed by atoms with Crippen LogP contribution in [0.15, 0.2) is 0 Å². The predicted molar refractivity (Wildman–Crippen MR) is 32.8 cm³/mol. The normalized spacial score (nSPS) is 23.6. The summed E-state index contributed by atoms with van der Waals surface area (Å²) in [7, 11) is -4.26. The van der Waals surface area contributed by atoms with Crippen LogP contribution in [0.4, 0.5) is 0 Å². The van der Waals surface area contributed by atoms with Crippen LogP contribution in [0, 0.1) is 0 Å². The van der Waals surface area contributed by atoms with Gasteiger partial charge in [0.1, 0.15) is 6.10 Å². The summed E-state index contributed by atoms with van der Waals surface area (Å²) in [5.41, 5.74) is 0. The van der Waals surface area contributed by atoms with E-state index in [4.69, 9.17) is 9.79 Å². The lowest BCUT2D eigenvalue weighted by molar-refractivity contribution is 0.180. The van der Waals surface area contributed by atoms with Crippen molar-refractivity contribution in [3.63, 3.8) is 0 Å². The van der Waals surface area contributed by atoms with Crippen molar-refractivity contribution in [1.29, 1.82) is 0 Å². The molecule has 0 saturated carbocycles. The molecule has 1 heterocycles. The Morgan fingerprint density at radius 2 is 2.20 bits per heavy atom. The van der Waals surface area contributed by atoms with E-state index in [0.29, 0.717) is 6.61 Å². The van der Waals surface area contributed by atoms with Crippen molar-refractivity contribution < 1.29 is 23.6 Å². The largest absolute Gasteiger partial charge is 0.469 e. The molecule has 5 N–H and O–H groups in total. The molecule has 1 saturated heterocycles. The van der Waals surface area contributed by atoms with E-state index in [1.807, 2.05) is 0 Å². The lowest BCUT2D eigenvalue weighted by atomic mass is 10.5. The summed E-state index contributed by atoms with van der Waals surface area (Å²) >= 11 is 0. The van der Waals surface area contributed by atoms with Crippen LogP contribution in [0.25, 0.3) is 0 Å². The molecular weight excluding hydrogens is 161 g/mol. The summed E-state index contributed by atoms with van der Waals surface area (Å²) in [6.45, 7) is 0.532. The van der Waals surface area contributed by atoms with Gasteiger partial charge in [0.15, 0.2) is 0 Å². The molecule has 7 heteroatoms. The fourth-order valence-electron chi connectivity index (χ4n) is 0.344. The molecule has 0 aromatic carbocycles. The molecule has 1 rings (SSSR count). The standard InChI is InChI=1S/C3H7O5P.H3N/c4-9(5,6)8-2-3-1-7-3;/h3H,1-2H2,(H2,4,5,6);1H3. The first kappa shape index (κ1) is 10.0. The summed E-state index contributed by atoms with van der Waals surface area (Å²) in [6.07, 6.45) is -0.0994. The van der Waals surface area contributed by atoms with Gasteiger partial charge in [-0.05, 0) is 0 Å².